The highest BCUT2D eigenvalue weighted by Gasteiger charge is 2.26. The number of nitrogens with zero attached hydrogens (tertiary/aromatic N) is 1. The molecule has 0 bridgehead atoms. The standard InChI is InChI=1S/C11H13F2N3O/c1-17-7-3-8(12)11(9(13)4-7)6-2-10(16-14)15-5-6/h3-4,6H,2,5,14H2,1H3,(H,15,16). The van der Waals surface area contributed by atoms with Crippen LogP contribution in [0.2, 0.25) is 0 Å². The lowest BCUT2D eigenvalue weighted by Crippen LogP contribution is -2.29. The van der Waals surface area contributed by atoms with Crippen LogP contribution in [0.15, 0.2) is 17.1 Å². The summed E-state index contributed by atoms with van der Waals surface area (Å²) >= 11 is 0. The highest BCUT2D eigenvalue weighted by Crippen LogP contribution is 2.31. The molecule has 6 heteroatoms. The van der Waals surface area contributed by atoms with Crippen LogP contribution in [0.25, 0.3) is 0 Å². The fourth-order valence-corrected chi connectivity index (χ4v) is 1.95. The van der Waals surface area contributed by atoms with Crippen molar-refractivity contribution in [2.45, 2.75) is 12.3 Å². The van der Waals surface area contributed by atoms with E-state index in [2.05, 4.69) is 10.4 Å². The summed E-state index contributed by atoms with van der Waals surface area (Å²) in [5.41, 5.74) is 2.45. The Morgan fingerprint density at radius 3 is 2.53 bits per heavy atom. The van der Waals surface area contributed by atoms with Gasteiger partial charge in [-0.3, -0.25) is 4.99 Å². The summed E-state index contributed by atoms with van der Waals surface area (Å²) in [6.07, 6.45) is 0.413. The quantitative estimate of drug-likeness (QED) is 0.606. The van der Waals surface area contributed by atoms with Gasteiger partial charge in [0.15, 0.2) is 0 Å². The van der Waals surface area contributed by atoms with Crippen molar-refractivity contribution in [3.8, 4) is 5.75 Å². The highest BCUT2D eigenvalue weighted by molar-refractivity contribution is 5.84. The minimum Gasteiger partial charge on any atom is -0.497 e. The van der Waals surface area contributed by atoms with Gasteiger partial charge in [0.2, 0.25) is 0 Å². The van der Waals surface area contributed by atoms with Gasteiger partial charge in [-0.25, -0.2) is 14.6 Å². The van der Waals surface area contributed by atoms with Crippen molar-refractivity contribution in [2.75, 3.05) is 13.7 Å². The molecule has 0 amide bonds. The van der Waals surface area contributed by atoms with E-state index in [-0.39, 0.29) is 17.2 Å². The maximum atomic E-state index is 13.8. The predicted octanol–water partition coefficient (Wildman–Crippen LogP) is 1.32. The normalized spacial score (nSPS) is 19.1. The van der Waals surface area contributed by atoms with Crippen LogP contribution in [0.3, 0.4) is 0 Å². The molecule has 0 aromatic heterocycles. The Morgan fingerprint density at radius 1 is 1.41 bits per heavy atom. The number of benzene rings is 1. The first-order valence-corrected chi connectivity index (χ1v) is 5.18. The Bertz CT molecular complexity index is 439. The molecule has 17 heavy (non-hydrogen) atoms. The van der Waals surface area contributed by atoms with Crippen molar-refractivity contribution < 1.29 is 13.5 Å². The summed E-state index contributed by atoms with van der Waals surface area (Å²) in [5, 5.41) is 0. The van der Waals surface area contributed by atoms with E-state index in [1.165, 1.54) is 19.2 Å². The molecule has 0 radical (unpaired) electrons. The zero-order chi connectivity index (χ0) is 12.4. The number of hydrogen-bond acceptors (Lipinski definition) is 4. The van der Waals surface area contributed by atoms with E-state index in [0.29, 0.717) is 18.8 Å². The minimum atomic E-state index is -0.611. The first-order valence-electron chi connectivity index (χ1n) is 5.18. The summed E-state index contributed by atoms with van der Waals surface area (Å²) in [7, 11) is 1.36. The van der Waals surface area contributed by atoms with Crippen LogP contribution in [-0.2, 0) is 0 Å². The zero-order valence-corrected chi connectivity index (χ0v) is 9.34. The van der Waals surface area contributed by atoms with Gasteiger partial charge in [-0.1, -0.05) is 0 Å². The molecule has 0 fully saturated rings. The molecule has 0 saturated heterocycles. The van der Waals surface area contributed by atoms with Gasteiger partial charge in [0.05, 0.1) is 7.11 Å². The van der Waals surface area contributed by atoms with Gasteiger partial charge in [-0.05, 0) is 0 Å². The molecule has 1 aromatic rings. The molecule has 0 spiro atoms. The van der Waals surface area contributed by atoms with E-state index in [1.807, 2.05) is 0 Å². The monoisotopic (exact) mass is 241 g/mol. The number of hydrogen-bond donors (Lipinski definition) is 2. The molecule has 1 atom stereocenters. The van der Waals surface area contributed by atoms with Crippen molar-refractivity contribution in [3.63, 3.8) is 0 Å². The first-order chi connectivity index (χ1) is 8.15. The summed E-state index contributed by atoms with van der Waals surface area (Å²) in [4.78, 5) is 4.05. The Balaban J connectivity index is 2.28. The molecule has 0 saturated carbocycles. The molecular weight excluding hydrogens is 228 g/mol. The van der Waals surface area contributed by atoms with Crippen molar-refractivity contribution in [3.05, 3.63) is 29.3 Å². The number of ether oxygens (including phenoxy) is 1. The Hall–Kier alpha value is -1.69. The number of halogens is 2. The Labute approximate surface area is 97.5 Å². The molecule has 4 nitrogen and oxygen atoms in total. The van der Waals surface area contributed by atoms with Crippen LogP contribution >= 0.6 is 0 Å². The van der Waals surface area contributed by atoms with E-state index < -0.39 is 11.6 Å². The zero-order valence-electron chi connectivity index (χ0n) is 9.34. The second-order valence-corrected chi connectivity index (χ2v) is 3.84. The van der Waals surface area contributed by atoms with Crippen LogP contribution in [0, 0.1) is 11.6 Å². The molecule has 1 aliphatic rings. The third kappa shape index (κ3) is 2.21. The van der Waals surface area contributed by atoms with Gasteiger partial charge in [-0.2, -0.15) is 0 Å². The van der Waals surface area contributed by atoms with Gasteiger partial charge in [0.1, 0.15) is 23.2 Å². The van der Waals surface area contributed by atoms with Crippen LogP contribution < -0.4 is 16.0 Å². The van der Waals surface area contributed by atoms with Crippen LogP contribution in [-0.4, -0.2) is 19.5 Å². The number of nitrogens with two attached hydrogens (primary N) is 1. The van der Waals surface area contributed by atoms with Gasteiger partial charge in [-0.15, -0.1) is 0 Å². The van der Waals surface area contributed by atoms with E-state index >= 15 is 0 Å². The van der Waals surface area contributed by atoms with Crippen LogP contribution in [0.1, 0.15) is 17.9 Å². The molecule has 2 rings (SSSR count). The summed E-state index contributed by atoms with van der Waals surface area (Å²) in [6, 6.07) is 2.35. The highest BCUT2D eigenvalue weighted by atomic mass is 19.1. The largest absolute Gasteiger partial charge is 0.497 e. The number of methoxy groups -OCH3 is 1. The molecule has 1 unspecified atom stereocenters. The number of nitrogens with one attached hydrogen (secondary N) is 1. The van der Waals surface area contributed by atoms with Crippen molar-refractivity contribution in [1.82, 2.24) is 5.43 Å². The molecule has 1 aromatic carbocycles. The van der Waals surface area contributed by atoms with Crippen molar-refractivity contribution in [2.24, 2.45) is 10.8 Å². The molecular formula is C11H13F2N3O. The Morgan fingerprint density at radius 2 is 2.06 bits per heavy atom. The smallest absolute Gasteiger partial charge is 0.133 e. The summed E-state index contributed by atoms with van der Waals surface area (Å²) in [6.45, 7) is 0.333. The van der Waals surface area contributed by atoms with E-state index in [4.69, 9.17) is 10.6 Å². The average molecular weight is 241 g/mol. The summed E-state index contributed by atoms with van der Waals surface area (Å²) < 4.78 is 32.3. The number of amidine groups is 1. The van der Waals surface area contributed by atoms with Gasteiger partial charge in [0.25, 0.3) is 0 Å². The third-order valence-electron chi connectivity index (χ3n) is 2.81. The van der Waals surface area contributed by atoms with Gasteiger partial charge in [0, 0.05) is 36.6 Å². The Kier molecular flexibility index (Phi) is 3.23. The fourth-order valence-electron chi connectivity index (χ4n) is 1.95. The van der Waals surface area contributed by atoms with E-state index in [9.17, 15) is 8.78 Å². The van der Waals surface area contributed by atoms with Gasteiger partial charge < -0.3 is 10.2 Å². The van der Waals surface area contributed by atoms with E-state index in [0.717, 1.165) is 0 Å². The fraction of sp³-hybridized carbons (Fsp3) is 0.364. The number of hydrazine groups is 1. The van der Waals surface area contributed by atoms with Crippen LogP contribution in [0.5, 0.6) is 5.75 Å². The molecule has 1 heterocycles. The maximum absolute atomic E-state index is 13.8. The first kappa shape index (κ1) is 11.8. The van der Waals surface area contributed by atoms with Crippen LogP contribution in [0.4, 0.5) is 8.78 Å². The van der Waals surface area contributed by atoms with Crippen molar-refractivity contribution in [1.29, 1.82) is 0 Å². The SMILES string of the molecule is COc1cc(F)c(C2CN=C(NN)C2)c(F)c1. The lowest BCUT2D eigenvalue weighted by Gasteiger charge is -2.12. The molecule has 1 aliphatic heterocycles. The maximum Gasteiger partial charge on any atom is 0.133 e. The minimum absolute atomic E-state index is 0.0415. The van der Waals surface area contributed by atoms with E-state index in [1.54, 1.807) is 0 Å². The molecule has 3 N–H and O–H groups in total. The molecule has 92 valence electrons. The molecule has 0 aliphatic carbocycles. The number of aliphatic imine (C=N–C) groups is 1. The lowest BCUT2D eigenvalue weighted by molar-refractivity contribution is 0.404. The van der Waals surface area contributed by atoms with Gasteiger partial charge >= 0.3 is 0 Å². The third-order valence-corrected chi connectivity index (χ3v) is 2.81. The lowest BCUT2D eigenvalue weighted by atomic mass is 9.96. The average Bonchev–Trinajstić information content (AvgIpc) is 2.76. The topological polar surface area (TPSA) is 59.6 Å². The van der Waals surface area contributed by atoms with Crippen molar-refractivity contribution >= 4 is 5.84 Å². The predicted molar refractivity (Wildman–Crippen MR) is 59.9 cm³/mol. The second-order valence-electron chi connectivity index (χ2n) is 3.84. The second kappa shape index (κ2) is 4.67. The summed E-state index contributed by atoms with van der Waals surface area (Å²) in [5.74, 6) is 4.40. The number of rotatable bonds is 2.